The van der Waals surface area contributed by atoms with Crippen molar-refractivity contribution in [2.24, 2.45) is 0 Å². The van der Waals surface area contributed by atoms with Crippen LogP contribution in [-0.4, -0.2) is 42.2 Å². The number of carbonyl (C=O) groups is 1. The lowest BCUT2D eigenvalue weighted by Gasteiger charge is -2.37. The number of hydrogen-bond donors (Lipinski definition) is 2. The van der Waals surface area contributed by atoms with Gasteiger partial charge in [-0.2, -0.15) is 0 Å². The quantitative estimate of drug-likeness (QED) is 0.359. The summed E-state index contributed by atoms with van der Waals surface area (Å²) in [6, 6.07) is 7.46. The average molecular weight is 517 g/mol. The molecule has 1 aromatic heterocycles. The Bertz CT molecular complexity index is 1190. The van der Waals surface area contributed by atoms with Crippen LogP contribution in [-0.2, 0) is 4.79 Å². The van der Waals surface area contributed by atoms with Crippen molar-refractivity contribution in [1.29, 1.82) is 0 Å². The van der Waals surface area contributed by atoms with E-state index in [9.17, 15) is 4.79 Å². The lowest BCUT2D eigenvalue weighted by Crippen LogP contribution is -2.53. The van der Waals surface area contributed by atoms with Crippen molar-refractivity contribution < 1.29 is 14.3 Å². The van der Waals surface area contributed by atoms with Crippen molar-refractivity contribution in [3.63, 3.8) is 0 Å². The number of amides is 1. The number of hydrogen-bond acceptors (Lipinski definition) is 6. The summed E-state index contributed by atoms with van der Waals surface area (Å²) >= 11 is 13.1. The first-order valence-electron chi connectivity index (χ1n) is 11.4. The molecule has 1 fully saturated rings. The summed E-state index contributed by atoms with van der Waals surface area (Å²) < 4.78 is 10.7. The van der Waals surface area contributed by atoms with Gasteiger partial charge in [-0.15, -0.1) is 0 Å². The summed E-state index contributed by atoms with van der Waals surface area (Å²) in [4.78, 5) is 20.6. The molecule has 186 valence electrons. The van der Waals surface area contributed by atoms with Crippen molar-refractivity contribution in [1.82, 2.24) is 15.3 Å². The molecule has 3 aromatic rings. The molecule has 0 saturated heterocycles. The van der Waals surface area contributed by atoms with E-state index in [0.717, 1.165) is 29.3 Å². The number of carbonyl (C=O) groups excluding carboxylic acids is 1. The van der Waals surface area contributed by atoms with Crippen LogP contribution in [0.5, 0.6) is 11.5 Å². The van der Waals surface area contributed by atoms with Gasteiger partial charge in [-0.05, 0) is 36.6 Å². The highest BCUT2D eigenvalue weighted by Gasteiger charge is 2.32. The van der Waals surface area contributed by atoms with E-state index in [1.807, 2.05) is 18.2 Å². The molecule has 2 N–H and O–H groups in total. The largest absolute Gasteiger partial charge is 0.495 e. The number of ether oxygens (including phenoxy) is 2. The number of halogens is 2. The summed E-state index contributed by atoms with van der Waals surface area (Å²) in [6.45, 7) is 7.74. The van der Waals surface area contributed by atoms with Gasteiger partial charge in [0, 0.05) is 35.3 Å². The summed E-state index contributed by atoms with van der Waals surface area (Å²) in [6.07, 6.45) is 6.09. The first-order chi connectivity index (χ1) is 16.9. The number of anilines is 1. The van der Waals surface area contributed by atoms with Crippen molar-refractivity contribution in [2.45, 2.75) is 45.2 Å². The van der Waals surface area contributed by atoms with Crippen LogP contribution < -0.4 is 20.1 Å². The molecule has 35 heavy (non-hydrogen) atoms. The van der Waals surface area contributed by atoms with Gasteiger partial charge in [-0.3, -0.25) is 4.79 Å². The van der Waals surface area contributed by atoms with E-state index < -0.39 is 0 Å². The lowest BCUT2D eigenvalue weighted by atomic mass is 9.86. The second-order valence-electron chi connectivity index (χ2n) is 8.11. The van der Waals surface area contributed by atoms with Gasteiger partial charge in [-0.25, -0.2) is 9.97 Å². The predicted molar refractivity (Wildman–Crippen MR) is 143 cm³/mol. The summed E-state index contributed by atoms with van der Waals surface area (Å²) in [5.41, 5.74) is 2.17. The third-order valence-electron chi connectivity index (χ3n) is 5.54. The highest BCUT2D eigenvalue weighted by molar-refractivity contribution is 6.41. The molecule has 7 nitrogen and oxygen atoms in total. The normalized spacial score (nSPS) is 16.4. The number of benzene rings is 2. The van der Waals surface area contributed by atoms with Crippen LogP contribution in [0.1, 0.15) is 33.1 Å². The lowest BCUT2D eigenvalue weighted by molar-refractivity contribution is -0.117. The summed E-state index contributed by atoms with van der Waals surface area (Å²) in [5.74, 6) is 1.27. The van der Waals surface area contributed by atoms with Crippen LogP contribution in [0.4, 0.5) is 5.95 Å². The molecule has 9 heteroatoms. The zero-order valence-electron chi connectivity index (χ0n) is 20.3. The third-order valence-corrected chi connectivity index (χ3v) is 6.29. The van der Waals surface area contributed by atoms with E-state index >= 15 is 0 Å². The second kappa shape index (κ2) is 12.1. The zero-order chi connectivity index (χ0) is 25.5. The fraction of sp³-hybridized carbons (Fsp3) is 0.346. The van der Waals surface area contributed by atoms with Crippen molar-refractivity contribution in [3.05, 3.63) is 53.2 Å². The molecule has 2 atom stereocenters. The molecule has 1 saturated carbocycles. The monoisotopic (exact) mass is 516 g/mol. The number of rotatable bonds is 7. The Kier molecular flexibility index (Phi) is 9.18. The van der Waals surface area contributed by atoms with Gasteiger partial charge in [0.05, 0.1) is 29.8 Å². The van der Waals surface area contributed by atoms with E-state index in [-0.39, 0.29) is 18.0 Å². The molecule has 2 aromatic carbocycles. The smallest absolute Gasteiger partial charge is 0.243 e. The topological polar surface area (TPSA) is 85.4 Å². The molecule has 0 bridgehead atoms. The molecule has 0 aliphatic heterocycles. The highest BCUT2D eigenvalue weighted by atomic mass is 35.5. The molecule has 1 aliphatic rings. The molecule has 4 rings (SSSR count). The fourth-order valence-corrected chi connectivity index (χ4v) is 4.37. The molecule has 1 amide bonds. The van der Waals surface area contributed by atoms with Gasteiger partial charge < -0.3 is 20.1 Å². The van der Waals surface area contributed by atoms with Gasteiger partial charge >= 0.3 is 0 Å². The molecular weight excluding hydrogens is 487 g/mol. The summed E-state index contributed by atoms with van der Waals surface area (Å²) in [7, 11) is 3.08. The summed E-state index contributed by atoms with van der Waals surface area (Å²) in [5, 5.41) is 7.83. The number of nitrogens with one attached hydrogen (secondary N) is 2. The molecule has 0 spiro atoms. The SMILES string of the molecule is C=CC(=O)NC1CCC1Nc1ncc2cc(-c3c(Cl)c(OC)cc(OC)c3Cl)ccc2n1.CCC. The second-order valence-corrected chi connectivity index (χ2v) is 8.86. The van der Waals surface area contributed by atoms with Crippen LogP contribution in [0.25, 0.3) is 22.0 Å². The Morgan fingerprint density at radius 2 is 1.74 bits per heavy atom. The van der Waals surface area contributed by atoms with E-state index in [4.69, 9.17) is 32.7 Å². The van der Waals surface area contributed by atoms with Gasteiger partial charge in [-0.1, -0.05) is 56.1 Å². The van der Waals surface area contributed by atoms with E-state index in [1.165, 1.54) is 26.7 Å². The van der Waals surface area contributed by atoms with E-state index in [2.05, 4.69) is 41.0 Å². The van der Waals surface area contributed by atoms with E-state index in [0.29, 0.717) is 33.1 Å². The maximum Gasteiger partial charge on any atom is 0.243 e. The predicted octanol–water partition coefficient (Wildman–Crippen LogP) is 6.28. The van der Waals surface area contributed by atoms with Gasteiger partial charge in [0.15, 0.2) is 0 Å². The maximum absolute atomic E-state index is 11.5. The number of methoxy groups -OCH3 is 2. The average Bonchev–Trinajstić information content (AvgIpc) is 2.85. The highest BCUT2D eigenvalue weighted by Crippen LogP contribution is 2.46. The Morgan fingerprint density at radius 1 is 1.11 bits per heavy atom. The first kappa shape index (κ1) is 26.6. The maximum atomic E-state index is 11.5. The molecule has 2 unspecified atom stereocenters. The van der Waals surface area contributed by atoms with Crippen LogP contribution in [0, 0.1) is 0 Å². The van der Waals surface area contributed by atoms with Crippen LogP contribution in [0.2, 0.25) is 10.0 Å². The Balaban J connectivity index is 0.00000108. The van der Waals surface area contributed by atoms with Gasteiger partial charge in [0.1, 0.15) is 11.5 Å². The minimum Gasteiger partial charge on any atom is -0.495 e. The fourth-order valence-electron chi connectivity index (χ4n) is 3.65. The molecule has 0 radical (unpaired) electrons. The molecular formula is C26H30Cl2N4O3. The number of nitrogens with zero attached hydrogens (tertiary/aromatic N) is 2. The first-order valence-corrected chi connectivity index (χ1v) is 12.2. The molecule has 1 heterocycles. The van der Waals surface area contributed by atoms with Crippen LogP contribution >= 0.6 is 23.2 Å². The van der Waals surface area contributed by atoms with Crippen molar-refractivity contribution in [2.75, 3.05) is 19.5 Å². The minimum atomic E-state index is -0.181. The van der Waals surface area contributed by atoms with Gasteiger partial charge in [0.25, 0.3) is 0 Å². The van der Waals surface area contributed by atoms with Crippen LogP contribution in [0.15, 0.2) is 43.1 Å². The van der Waals surface area contributed by atoms with Crippen molar-refractivity contribution >= 4 is 46.0 Å². The van der Waals surface area contributed by atoms with E-state index in [1.54, 1.807) is 12.3 Å². The number of fused-ring (bicyclic) bond motifs is 1. The Morgan fingerprint density at radius 3 is 2.29 bits per heavy atom. The Labute approximate surface area is 215 Å². The van der Waals surface area contributed by atoms with Gasteiger partial charge in [0.2, 0.25) is 11.9 Å². The standard InChI is InChI=1S/C23H22Cl2N4O3.C3H8/c1-4-19(30)27-15-7-8-16(15)29-23-26-11-13-9-12(5-6-14(13)28-23)20-21(24)17(31-2)10-18(32-3)22(20)25;1-3-2/h4-6,9-11,15-16H,1,7-8H2,2-3H3,(H,27,30)(H,26,28,29);3H2,1-2H3. The third kappa shape index (κ3) is 5.97. The van der Waals surface area contributed by atoms with Crippen LogP contribution in [0.3, 0.4) is 0 Å². The molecule has 1 aliphatic carbocycles. The van der Waals surface area contributed by atoms with Crippen molar-refractivity contribution in [3.8, 4) is 22.6 Å². The minimum absolute atomic E-state index is 0.0366. The zero-order valence-corrected chi connectivity index (χ0v) is 21.8. The Hall–Kier alpha value is -3.03. The number of aromatic nitrogens is 2.